The van der Waals surface area contributed by atoms with Crippen molar-refractivity contribution in [3.63, 3.8) is 0 Å². The van der Waals surface area contributed by atoms with Gasteiger partial charge in [0.15, 0.2) is 0 Å². The van der Waals surface area contributed by atoms with E-state index in [0.717, 1.165) is 51.9 Å². The van der Waals surface area contributed by atoms with Gasteiger partial charge in [-0.25, -0.2) is 4.98 Å². The third-order valence-corrected chi connectivity index (χ3v) is 5.53. The Morgan fingerprint density at radius 2 is 1.88 bits per heavy atom. The molecule has 6 heteroatoms. The van der Waals surface area contributed by atoms with E-state index in [4.69, 9.17) is 10.00 Å². The molecule has 1 aliphatic carbocycles. The summed E-state index contributed by atoms with van der Waals surface area (Å²) in [7, 11) is 0. The molecule has 0 unspecified atom stereocenters. The average molecular weight is 356 g/mol. The third kappa shape index (κ3) is 4.53. The number of hydrogen-bond donors (Lipinski definition) is 0. The van der Waals surface area contributed by atoms with E-state index in [2.05, 4.69) is 28.6 Å². The van der Waals surface area contributed by atoms with E-state index in [1.807, 2.05) is 6.07 Å². The van der Waals surface area contributed by atoms with Crippen LogP contribution < -0.4 is 4.74 Å². The van der Waals surface area contributed by atoms with Gasteiger partial charge in [0.05, 0.1) is 12.3 Å². The molecule has 26 heavy (non-hydrogen) atoms. The van der Waals surface area contributed by atoms with Crippen molar-refractivity contribution in [1.82, 2.24) is 14.8 Å². The lowest BCUT2D eigenvalue weighted by Gasteiger charge is -2.39. The Morgan fingerprint density at radius 3 is 2.42 bits per heavy atom. The largest absolute Gasteiger partial charge is 0.489 e. The summed E-state index contributed by atoms with van der Waals surface area (Å²) in [4.78, 5) is 21.3. The Morgan fingerprint density at radius 1 is 1.19 bits per heavy atom. The molecular weight excluding hydrogens is 328 g/mol. The van der Waals surface area contributed by atoms with Crippen molar-refractivity contribution in [2.75, 3.05) is 26.2 Å². The molecule has 2 aliphatic rings. The first kappa shape index (κ1) is 18.7. The molecular formula is C20H28N4O2. The minimum atomic E-state index is 0.131. The van der Waals surface area contributed by atoms with E-state index < -0.39 is 0 Å². The lowest BCUT2D eigenvalue weighted by Crippen LogP contribution is -2.52. The molecule has 2 fully saturated rings. The van der Waals surface area contributed by atoms with Gasteiger partial charge in [-0.2, -0.15) is 5.26 Å². The Balaban J connectivity index is 1.44. The zero-order valence-corrected chi connectivity index (χ0v) is 15.7. The maximum absolute atomic E-state index is 12.8. The van der Waals surface area contributed by atoms with Crippen LogP contribution in [0.15, 0.2) is 18.3 Å². The predicted octanol–water partition coefficient (Wildman–Crippen LogP) is 2.44. The molecule has 0 bridgehead atoms. The molecule has 0 spiro atoms. The zero-order chi connectivity index (χ0) is 18.5. The van der Waals surface area contributed by atoms with Gasteiger partial charge in [0.2, 0.25) is 5.91 Å². The molecule has 140 valence electrons. The fraction of sp³-hybridized carbons (Fsp3) is 0.650. The van der Waals surface area contributed by atoms with Gasteiger partial charge >= 0.3 is 0 Å². The molecule has 3 rings (SSSR count). The summed E-state index contributed by atoms with van der Waals surface area (Å²) in [6.07, 6.45) is 5.29. The van der Waals surface area contributed by atoms with Crippen molar-refractivity contribution in [2.24, 2.45) is 5.92 Å². The van der Waals surface area contributed by atoms with Gasteiger partial charge in [-0.3, -0.25) is 9.69 Å². The second kappa shape index (κ2) is 8.50. The Bertz CT molecular complexity index is 637. The number of carbonyl (C=O) groups is 1. The molecule has 1 aromatic rings. The first-order valence-corrected chi connectivity index (χ1v) is 9.62. The molecule has 1 saturated heterocycles. The number of ether oxygens (including phenoxy) is 1. The summed E-state index contributed by atoms with van der Waals surface area (Å²) in [6.45, 7) is 8.08. The summed E-state index contributed by atoms with van der Waals surface area (Å²) in [5, 5.41) is 8.79. The molecule has 2 heterocycles. The van der Waals surface area contributed by atoms with Crippen molar-refractivity contribution >= 4 is 5.91 Å². The quantitative estimate of drug-likeness (QED) is 0.829. The van der Waals surface area contributed by atoms with Crippen molar-refractivity contribution in [2.45, 2.75) is 51.7 Å². The van der Waals surface area contributed by atoms with Crippen LogP contribution in [0.25, 0.3) is 0 Å². The van der Waals surface area contributed by atoms with Crippen molar-refractivity contribution in [3.05, 3.63) is 24.0 Å². The van der Waals surface area contributed by atoms with Gasteiger partial charge in [-0.05, 0) is 51.7 Å². The van der Waals surface area contributed by atoms with Crippen LogP contribution in [-0.2, 0) is 4.79 Å². The number of amides is 1. The van der Waals surface area contributed by atoms with Crippen LogP contribution in [0.3, 0.4) is 0 Å². The highest BCUT2D eigenvalue weighted by atomic mass is 16.5. The molecule has 0 N–H and O–H groups in total. The van der Waals surface area contributed by atoms with E-state index in [-0.39, 0.29) is 12.0 Å². The Kier molecular flexibility index (Phi) is 6.10. The topological polar surface area (TPSA) is 69.5 Å². The van der Waals surface area contributed by atoms with Crippen molar-refractivity contribution in [1.29, 1.82) is 5.26 Å². The predicted molar refractivity (Wildman–Crippen MR) is 98.6 cm³/mol. The summed E-state index contributed by atoms with van der Waals surface area (Å²) >= 11 is 0. The van der Waals surface area contributed by atoms with Gasteiger partial charge in [0.1, 0.15) is 17.5 Å². The number of piperazine rings is 1. The zero-order valence-electron chi connectivity index (χ0n) is 15.7. The summed E-state index contributed by atoms with van der Waals surface area (Å²) in [6, 6.07) is 6.01. The van der Waals surface area contributed by atoms with Crippen LogP contribution in [0.1, 0.15) is 45.2 Å². The normalized spacial score (nSPS) is 24.3. The maximum Gasteiger partial charge on any atom is 0.225 e. The monoisotopic (exact) mass is 356 g/mol. The highest BCUT2D eigenvalue weighted by molar-refractivity contribution is 5.79. The van der Waals surface area contributed by atoms with Crippen LogP contribution in [0.4, 0.5) is 0 Å². The van der Waals surface area contributed by atoms with Gasteiger partial charge in [-0.15, -0.1) is 0 Å². The molecule has 1 saturated carbocycles. The van der Waals surface area contributed by atoms with Crippen molar-refractivity contribution < 1.29 is 9.53 Å². The van der Waals surface area contributed by atoms with E-state index in [1.54, 1.807) is 18.3 Å². The lowest BCUT2D eigenvalue weighted by atomic mass is 9.86. The van der Waals surface area contributed by atoms with Gasteiger partial charge in [0, 0.05) is 38.1 Å². The number of aromatic nitrogens is 1. The van der Waals surface area contributed by atoms with Crippen LogP contribution in [0.5, 0.6) is 5.75 Å². The van der Waals surface area contributed by atoms with Gasteiger partial charge in [-0.1, -0.05) is 0 Å². The Labute approximate surface area is 155 Å². The minimum Gasteiger partial charge on any atom is -0.489 e. The van der Waals surface area contributed by atoms with E-state index in [0.29, 0.717) is 23.4 Å². The highest BCUT2D eigenvalue weighted by Crippen LogP contribution is 2.29. The molecule has 0 atom stereocenters. The second-order valence-corrected chi connectivity index (χ2v) is 7.54. The smallest absolute Gasteiger partial charge is 0.225 e. The third-order valence-electron chi connectivity index (χ3n) is 5.53. The Hall–Kier alpha value is -2.13. The fourth-order valence-electron chi connectivity index (χ4n) is 3.85. The van der Waals surface area contributed by atoms with E-state index in [1.165, 1.54) is 0 Å². The number of pyridine rings is 1. The summed E-state index contributed by atoms with van der Waals surface area (Å²) in [5.74, 6) is 1.16. The summed E-state index contributed by atoms with van der Waals surface area (Å²) < 4.78 is 5.97. The summed E-state index contributed by atoms with van der Waals surface area (Å²) in [5.41, 5.74) is 0.393. The first-order valence-electron chi connectivity index (χ1n) is 9.62. The van der Waals surface area contributed by atoms with Crippen LogP contribution >= 0.6 is 0 Å². The molecule has 1 aromatic heterocycles. The fourth-order valence-corrected chi connectivity index (χ4v) is 3.85. The minimum absolute atomic E-state index is 0.131. The van der Waals surface area contributed by atoms with Crippen molar-refractivity contribution in [3.8, 4) is 11.8 Å². The SMILES string of the molecule is CC(C)N1CCN(C(=O)[C@H]2CC[C@H](Oc3ccc(C#N)nc3)CC2)CC1. The number of rotatable bonds is 4. The molecule has 1 aliphatic heterocycles. The van der Waals surface area contributed by atoms with Gasteiger partial charge < -0.3 is 9.64 Å². The molecule has 0 aromatic carbocycles. The van der Waals surface area contributed by atoms with E-state index in [9.17, 15) is 4.79 Å². The standard InChI is InChI=1S/C20H28N4O2/c1-15(2)23-9-11-24(12-10-23)20(25)16-3-6-18(7-4-16)26-19-8-5-17(13-21)22-14-19/h5,8,14-16,18H,3-4,6-7,9-12H2,1-2H3/t16-,18-. The number of nitrogens with zero attached hydrogens (tertiary/aromatic N) is 4. The second-order valence-electron chi connectivity index (χ2n) is 7.54. The number of carbonyl (C=O) groups excluding carboxylic acids is 1. The number of nitriles is 1. The van der Waals surface area contributed by atoms with Crippen LogP contribution in [0, 0.1) is 17.2 Å². The number of hydrogen-bond acceptors (Lipinski definition) is 5. The van der Waals surface area contributed by atoms with Gasteiger partial charge in [0.25, 0.3) is 0 Å². The molecule has 1 amide bonds. The van der Waals surface area contributed by atoms with Crippen LogP contribution in [0.2, 0.25) is 0 Å². The molecule has 0 radical (unpaired) electrons. The average Bonchev–Trinajstić information content (AvgIpc) is 2.69. The highest BCUT2D eigenvalue weighted by Gasteiger charge is 2.32. The molecule has 6 nitrogen and oxygen atoms in total. The first-order chi connectivity index (χ1) is 12.6. The van der Waals surface area contributed by atoms with Crippen LogP contribution in [-0.4, -0.2) is 59.0 Å². The lowest BCUT2D eigenvalue weighted by molar-refractivity contribution is -0.139. The van der Waals surface area contributed by atoms with E-state index >= 15 is 0 Å². The maximum atomic E-state index is 12.8.